The summed E-state index contributed by atoms with van der Waals surface area (Å²) in [4.78, 5) is 10.3. The molecule has 0 aliphatic heterocycles. The molecule has 0 aliphatic rings. The highest BCUT2D eigenvalue weighted by Gasteiger charge is 2.14. The van der Waals surface area contributed by atoms with Crippen molar-refractivity contribution < 1.29 is 18.8 Å². The van der Waals surface area contributed by atoms with Gasteiger partial charge in [0, 0.05) is 43.0 Å². The number of nitro groups is 1. The van der Waals surface area contributed by atoms with E-state index in [0.29, 0.717) is 48.3 Å². The lowest BCUT2D eigenvalue weighted by Crippen LogP contribution is -2.21. The lowest BCUT2D eigenvalue weighted by atomic mass is 10.2. The van der Waals surface area contributed by atoms with Gasteiger partial charge in [0.05, 0.1) is 16.6 Å². The Morgan fingerprint density at radius 3 is 2.52 bits per heavy atom. The molecule has 7 nitrogen and oxygen atoms in total. The first-order valence-corrected chi connectivity index (χ1v) is 10.9. The molecule has 0 atom stereocenters. The van der Waals surface area contributed by atoms with Gasteiger partial charge in [-0.1, -0.05) is 29.8 Å². The third kappa shape index (κ3) is 7.06. The number of nitrogens with zero attached hydrogens (tertiary/aromatic N) is 1. The van der Waals surface area contributed by atoms with Gasteiger partial charge in [0.25, 0.3) is 5.69 Å². The summed E-state index contributed by atoms with van der Waals surface area (Å²) in [5, 5.41) is 17.6. The minimum Gasteiger partial charge on any atom is -0.490 e. The topological polar surface area (TPSA) is 85.7 Å². The molecule has 0 saturated carbocycles. The minimum atomic E-state index is -0.427. The number of nitro benzene ring substituents is 1. The van der Waals surface area contributed by atoms with Gasteiger partial charge in [0.2, 0.25) is 0 Å². The molecule has 0 aromatic heterocycles. The van der Waals surface area contributed by atoms with Crippen LogP contribution in [0.15, 0.2) is 60.7 Å². The summed E-state index contributed by atoms with van der Waals surface area (Å²) in [7, 11) is 0. The Morgan fingerprint density at radius 2 is 1.82 bits per heavy atom. The molecule has 0 saturated heterocycles. The summed E-state index contributed by atoms with van der Waals surface area (Å²) in [6, 6.07) is 16.3. The van der Waals surface area contributed by atoms with Crippen LogP contribution in [0.1, 0.15) is 18.1 Å². The van der Waals surface area contributed by atoms with E-state index in [1.54, 1.807) is 36.4 Å². The Hall–Kier alpha value is -3.36. The van der Waals surface area contributed by atoms with Gasteiger partial charge in [0.15, 0.2) is 11.5 Å². The van der Waals surface area contributed by atoms with Crippen molar-refractivity contribution in [1.29, 1.82) is 0 Å². The van der Waals surface area contributed by atoms with Crippen LogP contribution in [0.3, 0.4) is 0 Å². The average Bonchev–Trinajstić information content (AvgIpc) is 2.80. The number of benzene rings is 3. The Morgan fingerprint density at radius 1 is 1.06 bits per heavy atom. The van der Waals surface area contributed by atoms with Gasteiger partial charge >= 0.3 is 0 Å². The smallest absolute Gasteiger partial charge is 0.269 e. The molecule has 0 fully saturated rings. The van der Waals surface area contributed by atoms with Gasteiger partial charge in [-0.05, 0) is 42.8 Å². The largest absolute Gasteiger partial charge is 0.490 e. The summed E-state index contributed by atoms with van der Waals surface area (Å²) >= 11 is 6.44. The van der Waals surface area contributed by atoms with Crippen LogP contribution >= 0.6 is 11.6 Å². The molecule has 0 amide bonds. The molecular formula is C24H25ClFN3O4. The van der Waals surface area contributed by atoms with E-state index in [2.05, 4.69) is 10.6 Å². The first-order chi connectivity index (χ1) is 16.0. The monoisotopic (exact) mass is 473 g/mol. The van der Waals surface area contributed by atoms with Crippen molar-refractivity contribution in [3.8, 4) is 11.5 Å². The molecule has 174 valence electrons. The maximum atomic E-state index is 13.9. The second kappa shape index (κ2) is 12.0. The van der Waals surface area contributed by atoms with E-state index >= 15 is 0 Å². The van der Waals surface area contributed by atoms with Crippen LogP contribution in [0.2, 0.25) is 5.02 Å². The standard InChI is InChI=1S/C24H25ClFN3O4/c1-2-32-23-14-17(13-21(25)24(23)33-16-18-5-3-4-6-22(18)26)15-27-11-12-28-19-7-9-20(10-8-19)29(30)31/h3-10,13-14,27-28H,2,11-12,15-16H2,1H3. The first-order valence-electron chi connectivity index (χ1n) is 10.5. The Labute approximate surface area is 196 Å². The quantitative estimate of drug-likeness (QED) is 0.203. The first kappa shape index (κ1) is 24.3. The van der Waals surface area contributed by atoms with Crippen molar-refractivity contribution in [2.45, 2.75) is 20.1 Å². The van der Waals surface area contributed by atoms with Gasteiger partial charge in [0.1, 0.15) is 12.4 Å². The summed E-state index contributed by atoms with van der Waals surface area (Å²) in [5.74, 6) is 0.544. The molecule has 9 heteroatoms. The predicted octanol–water partition coefficient (Wildman–Crippen LogP) is 5.57. The molecule has 3 rings (SSSR count). The number of rotatable bonds is 12. The number of hydrogen-bond donors (Lipinski definition) is 2. The van der Waals surface area contributed by atoms with E-state index in [-0.39, 0.29) is 18.1 Å². The van der Waals surface area contributed by atoms with E-state index in [0.717, 1.165) is 11.3 Å². The zero-order valence-electron chi connectivity index (χ0n) is 18.1. The second-order valence-electron chi connectivity index (χ2n) is 7.13. The molecule has 0 aliphatic carbocycles. The average molecular weight is 474 g/mol. The molecule has 3 aromatic rings. The van der Waals surface area contributed by atoms with E-state index in [1.165, 1.54) is 18.2 Å². The van der Waals surface area contributed by atoms with Crippen molar-refractivity contribution in [3.63, 3.8) is 0 Å². The van der Waals surface area contributed by atoms with Gasteiger partial charge in [-0.25, -0.2) is 4.39 Å². The third-order valence-electron chi connectivity index (χ3n) is 4.74. The molecule has 2 N–H and O–H groups in total. The summed E-state index contributed by atoms with van der Waals surface area (Å²) < 4.78 is 25.4. The van der Waals surface area contributed by atoms with Crippen LogP contribution < -0.4 is 20.1 Å². The summed E-state index contributed by atoms with van der Waals surface area (Å²) in [6.07, 6.45) is 0. The Bertz CT molecular complexity index is 1080. The normalized spacial score (nSPS) is 10.6. The van der Waals surface area contributed by atoms with Gasteiger partial charge in [-0.15, -0.1) is 0 Å². The zero-order valence-corrected chi connectivity index (χ0v) is 18.9. The van der Waals surface area contributed by atoms with Crippen molar-refractivity contribution >= 4 is 23.0 Å². The van der Waals surface area contributed by atoms with Crippen molar-refractivity contribution in [2.24, 2.45) is 0 Å². The molecule has 0 heterocycles. The number of hydrogen-bond acceptors (Lipinski definition) is 6. The van der Waals surface area contributed by atoms with Crippen LogP contribution in [0, 0.1) is 15.9 Å². The lowest BCUT2D eigenvalue weighted by molar-refractivity contribution is -0.384. The van der Waals surface area contributed by atoms with E-state index in [9.17, 15) is 14.5 Å². The van der Waals surface area contributed by atoms with E-state index in [4.69, 9.17) is 21.1 Å². The highest BCUT2D eigenvalue weighted by atomic mass is 35.5. The highest BCUT2D eigenvalue weighted by molar-refractivity contribution is 6.32. The lowest BCUT2D eigenvalue weighted by Gasteiger charge is -2.16. The molecule has 33 heavy (non-hydrogen) atoms. The molecule has 0 bridgehead atoms. The van der Waals surface area contributed by atoms with Gasteiger partial charge < -0.3 is 20.1 Å². The number of ether oxygens (including phenoxy) is 2. The fraction of sp³-hybridized carbons (Fsp3) is 0.250. The van der Waals surface area contributed by atoms with Crippen molar-refractivity contribution in [2.75, 3.05) is 25.0 Å². The Balaban J connectivity index is 1.53. The fourth-order valence-electron chi connectivity index (χ4n) is 3.12. The van der Waals surface area contributed by atoms with Crippen molar-refractivity contribution in [3.05, 3.63) is 92.7 Å². The number of anilines is 1. The fourth-order valence-corrected chi connectivity index (χ4v) is 3.41. The SMILES string of the molecule is CCOc1cc(CNCCNc2ccc([N+](=O)[O-])cc2)cc(Cl)c1OCc1ccccc1F. The number of nitrogens with one attached hydrogen (secondary N) is 2. The Kier molecular flexibility index (Phi) is 8.86. The van der Waals surface area contributed by atoms with E-state index < -0.39 is 4.92 Å². The van der Waals surface area contributed by atoms with Gasteiger partial charge in [-0.3, -0.25) is 10.1 Å². The van der Waals surface area contributed by atoms with E-state index in [1.807, 2.05) is 13.0 Å². The summed E-state index contributed by atoms with van der Waals surface area (Å²) in [5.41, 5.74) is 2.21. The highest BCUT2D eigenvalue weighted by Crippen LogP contribution is 2.37. The molecule has 0 spiro atoms. The van der Waals surface area contributed by atoms with Gasteiger partial charge in [-0.2, -0.15) is 0 Å². The van der Waals surface area contributed by atoms with Crippen molar-refractivity contribution in [1.82, 2.24) is 5.32 Å². The predicted molar refractivity (Wildman–Crippen MR) is 127 cm³/mol. The zero-order chi connectivity index (χ0) is 23.6. The molecular weight excluding hydrogens is 449 g/mol. The minimum absolute atomic E-state index is 0.0401. The summed E-state index contributed by atoms with van der Waals surface area (Å²) in [6.45, 7) is 4.18. The maximum Gasteiger partial charge on any atom is 0.269 e. The second-order valence-corrected chi connectivity index (χ2v) is 7.53. The van der Waals surface area contributed by atoms with Crippen LogP contribution in [0.5, 0.6) is 11.5 Å². The number of halogens is 2. The van der Waals surface area contributed by atoms with Crippen LogP contribution in [-0.2, 0) is 13.2 Å². The van der Waals surface area contributed by atoms with Crippen LogP contribution in [0.25, 0.3) is 0 Å². The van der Waals surface area contributed by atoms with Crippen LogP contribution in [-0.4, -0.2) is 24.6 Å². The third-order valence-corrected chi connectivity index (χ3v) is 5.02. The number of non-ortho nitro benzene ring substituents is 1. The molecule has 3 aromatic carbocycles. The van der Waals surface area contributed by atoms with Crippen LogP contribution in [0.4, 0.5) is 15.8 Å². The molecule has 0 radical (unpaired) electrons. The molecule has 0 unspecified atom stereocenters. The maximum absolute atomic E-state index is 13.9.